The van der Waals surface area contributed by atoms with Crippen molar-refractivity contribution in [2.75, 3.05) is 20.2 Å². The summed E-state index contributed by atoms with van der Waals surface area (Å²) in [6, 6.07) is 0. The molecule has 0 saturated carbocycles. The zero-order valence-electron chi connectivity index (χ0n) is 12.5. The minimum Gasteiger partial charge on any atom is -0.468 e. The number of piperidine rings is 1. The third kappa shape index (κ3) is 3.79. The van der Waals surface area contributed by atoms with Gasteiger partial charge in [-0.3, -0.25) is 4.79 Å². The molecule has 0 atom stereocenters. The molecule has 1 rings (SSSR count). The molecule has 0 aromatic heterocycles. The van der Waals surface area contributed by atoms with Gasteiger partial charge in [-0.1, -0.05) is 0 Å². The van der Waals surface area contributed by atoms with Gasteiger partial charge in [0, 0.05) is 13.1 Å². The third-order valence-electron chi connectivity index (χ3n) is 3.39. The number of likely N-dealkylation sites (tertiary alicyclic amines) is 1. The first kappa shape index (κ1) is 17.6. The number of methoxy groups -OCH3 is 1. The fourth-order valence-electron chi connectivity index (χ4n) is 2.20. The first-order chi connectivity index (χ1) is 9.43. The first-order valence-corrected chi connectivity index (χ1v) is 6.56. The van der Waals surface area contributed by atoms with E-state index in [1.165, 1.54) is 4.90 Å². The Labute approximate surface area is 121 Å². The molecule has 1 aliphatic rings. The molecule has 0 aliphatic carbocycles. The molecule has 0 aromatic carbocycles. The predicted molar refractivity (Wildman–Crippen MR) is 67.5 cm³/mol. The molecule has 5 nitrogen and oxygen atoms in total. The van der Waals surface area contributed by atoms with Crippen LogP contribution in [0.1, 0.15) is 33.6 Å². The van der Waals surface area contributed by atoms with E-state index in [-0.39, 0.29) is 13.1 Å². The van der Waals surface area contributed by atoms with E-state index < -0.39 is 42.1 Å². The van der Waals surface area contributed by atoms with Crippen molar-refractivity contribution >= 4 is 12.1 Å². The van der Waals surface area contributed by atoms with Crippen LogP contribution in [0.5, 0.6) is 0 Å². The Morgan fingerprint density at radius 1 is 1.10 bits per heavy atom. The van der Waals surface area contributed by atoms with Crippen LogP contribution < -0.4 is 0 Å². The van der Waals surface area contributed by atoms with Crippen molar-refractivity contribution in [3.63, 3.8) is 0 Å². The predicted octanol–water partition coefficient (Wildman–Crippen LogP) is 2.74. The zero-order valence-corrected chi connectivity index (χ0v) is 12.5. The maximum Gasteiger partial charge on any atom is 0.410 e. The maximum absolute atomic E-state index is 13.2. The highest BCUT2D eigenvalue weighted by molar-refractivity contribution is 5.78. The van der Waals surface area contributed by atoms with Gasteiger partial charge in [0.15, 0.2) is 5.41 Å². The largest absolute Gasteiger partial charge is 0.468 e. The van der Waals surface area contributed by atoms with E-state index in [2.05, 4.69) is 4.74 Å². The monoisotopic (exact) mass is 311 g/mol. The summed E-state index contributed by atoms with van der Waals surface area (Å²) >= 11 is 0. The number of halogens is 3. The second kappa shape index (κ2) is 5.73. The molecule has 1 amide bonds. The molecular formula is C13H20F3NO4. The molecule has 122 valence electrons. The van der Waals surface area contributed by atoms with Crippen molar-refractivity contribution in [3.8, 4) is 0 Å². The molecule has 0 aromatic rings. The molecule has 1 saturated heterocycles. The fourth-order valence-corrected chi connectivity index (χ4v) is 2.20. The Hall–Kier alpha value is -1.47. The Morgan fingerprint density at radius 2 is 1.57 bits per heavy atom. The number of carbonyl (C=O) groups is 2. The van der Waals surface area contributed by atoms with Gasteiger partial charge in [-0.25, -0.2) is 4.79 Å². The minimum atomic E-state index is -4.71. The Bertz CT molecular complexity index is 407. The van der Waals surface area contributed by atoms with E-state index in [0.717, 1.165) is 7.11 Å². The molecule has 0 unspecified atom stereocenters. The summed E-state index contributed by atoms with van der Waals surface area (Å²) in [5, 5.41) is 0. The molecule has 1 heterocycles. The Kier molecular flexibility index (Phi) is 4.80. The number of carbonyl (C=O) groups excluding carboxylic acids is 2. The minimum absolute atomic E-state index is 0.205. The van der Waals surface area contributed by atoms with Crippen LogP contribution in [0, 0.1) is 5.41 Å². The number of alkyl halides is 3. The number of esters is 1. The van der Waals surface area contributed by atoms with Crippen molar-refractivity contribution in [1.82, 2.24) is 4.90 Å². The van der Waals surface area contributed by atoms with Gasteiger partial charge in [0.25, 0.3) is 0 Å². The van der Waals surface area contributed by atoms with Gasteiger partial charge in [-0.2, -0.15) is 13.2 Å². The van der Waals surface area contributed by atoms with Gasteiger partial charge in [-0.15, -0.1) is 0 Å². The highest BCUT2D eigenvalue weighted by Gasteiger charge is 2.62. The summed E-state index contributed by atoms with van der Waals surface area (Å²) in [7, 11) is 0.927. The number of nitrogens with zero attached hydrogens (tertiary/aromatic N) is 1. The first-order valence-electron chi connectivity index (χ1n) is 6.56. The van der Waals surface area contributed by atoms with Crippen molar-refractivity contribution < 1.29 is 32.2 Å². The lowest BCUT2D eigenvalue weighted by atomic mass is 9.77. The van der Waals surface area contributed by atoms with E-state index in [9.17, 15) is 22.8 Å². The standard InChI is InChI=1S/C13H20F3NO4/c1-11(2,3)21-10(19)17-7-5-12(6-8-17,9(18)20-4)13(14,15)16/h5-8H2,1-4H3. The Morgan fingerprint density at radius 3 is 1.90 bits per heavy atom. The Balaban J connectivity index is 2.81. The summed E-state index contributed by atoms with van der Waals surface area (Å²) < 4.78 is 49.0. The number of hydrogen-bond donors (Lipinski definition) is 0. The van der Waals surface area contributed by atoms with Gasteiger partial charge >= 0.3 is 18.2 Å². The highest BCUT2D eigenvalue weighted by Crippen LogP contribution is 2.47. The smallest absolute Gasteiger partial charge is 0.410 e. The number of rotatable bonds is 1. The van der Waals surface area contributed by atoms with E-state index in [1.54, 1.807) is 20.8 Å². The average molecular weight is 311 g/mol. The van der Waals surface area contributed by atoms with Crippen molar-refractivity contribution in [2.45, 2.75) is 45.4 Å². The summed E-state index contributed by atoms with van der Waals surface area (Å²) in [4.78, 5) is 24.6. The van der Waals surface area contributed by atoms with E-state index in [4.69, 9.17) is 4.74 Å². The van der Waals surface area contributed by atoms with Gasteiger partial charge < -0.3 is 14.4 Å². The molecule has 0 N–H and O–H groups in total. The lowest BCUT2D eigenvalue weighted by Gasteiger charge is -2.40. The average Bonchev–Trinajstić information content (AvgIpc) is 2.34. The van der Waals surface area contributed by atoms with Crippen molar-refractivity contribution in [2.24, 2.45) is 5.41 Å². The summed E-state index contributed by atoms with van der Waals surface area (Å²) in [6.07, 6.45) is -6.44. The van der Waals surface area contributed by atoms with Crippen LogP contribution in [-0.4, -0.2) is 48.9 Å². The summed E-state index contributed by atoms with van der Waals surface area (Å²) in [5.74, 6) is -1.31. The summed E-state index contributed by atoms with van der Waals surface area (Å²) in [5.41, 5.74) is -3.27. The molecule has 1 fully saturated rings. The second-order valence-corrected chi connectivity index (χ2v) is 6.04. The van der Waals surface area contributed by atoms with Crippen molar-refractivity contribution in [1.29, 1.82) is 0 Å². The molecule has 0 spiro atoms. The SMILES string of the molecule is COC(=O)C1(C(F)(F)F)CCN(C(=O)OC(C)(C)C)CC1. The molecule has 21 heavy (non-hydrogen) atoms. The zero-order chi connectivity index (χ0) is 16.5. The van der Waals surface area contributed by atoms with Crippen LogP contribution in [0.4, 0.5) is 18.0 Å². The molecule has 0 radical (unpaired) electrons. The maximum atomic E-state index is 13.2. The highest BCUT2D eigenvalue weighted by atomic mass is 19.4. The molecule has 8 heteroatoms. The number of ether oxygens (including phenoxy) is 2. The normalized spacial score (nSPS) is 19.1. The van der Waals surface area contributed by atoms with Crippen LogP contribution in [-0.2, 0) is 14.3 Å². The van der Waals surface area contributed by atoms with Crippen LogP contribution in [0.25, 0.3) is 0 Å². The molecular weight excluding hydrogens is 291 g/mol. The van der Waals surface area contributed by atoms with Crippen LogP contribution >= 0.6 is 0 Å². The van der Waals surface area contributed by atoms with Crippen LogP contribution in [0.3, 0.4) is 0 Å². The van der Waals surface area contributed by atoms with Gasteiger partial charge in [0.2, 0.25) is 0 Å². The molecule has 0 bridgehead atoms. The van der Waals surface area contributed by atoms with Crippen LogP contribution in [0.2, 0.25) is 0 Å². The van der Waals surface area contributed by atoms with E-state index >= 15 is 0 Å². The van der Waals surface area contributed by atoms with Crippen molar-refractivity contribution in [3.05, 3.63) is 0 Å². The summed E-state index contributed by atoms with van der Waals surface area (Å²) in [6.45, 7) is 4.60. The van der Waals surface area contributed by atoms with Gasteiger partial charge in [-0.05, 0) is 33.6 Å². The number of amides is 1. The lowest BCUT2D eigenvalue weighted by molar-refractivity contribution is -0.243. The van der Waals surface area contributed by atoms with Crippen LogP contribution in [0.15, 0.2) is 0 Å². The third-order valence-corrected chi connectivity index (χ3v) is 3.39. The van der Waals surface area contributed by atoms with E-state index in [1.807, 2.05) is 0 Å². The van der Waals surface area contributed by atoms with Gasteiger partial charge in [0.05, 0.1) is 7.11 Å². The van der Waals surface area contributed by atoms with Gasteiger partial charge in [0.1, 0.15) is 5.60 Å². The second-order valence-electron chi connectivity index (χ2n) is 6.04. The topological polar surface area (TPSA) is 55.8 Å². The lowest BCUT2D eigenvalue weighted by Crippen LogP contribution is -2.54. The quantitative estimate of drug-likeness (QED) is 0.699. The fraction of sp³-hybridized carbons (Fsp3) is 0.846. The van der Waals surface area contributed by atoms with E-state index in [0.29, 0.717) is 0 Å². The number of hydrogen-bond acceptors (Lipinski definition) is 4. The molecule has 1 aliphatic heterocycles.